The van der Waals surface area contributed by atoms with Crippen molar-refractivity contribution in [3.05, 3.63) is 30.0 Å². The van der Waals surface area contributed by atoms with Crippen LogP contribution in [0.2, 0.25) is 0 Å². The Morgan fingerprint density at radius 1 is 1.40 bits per heavy atom. The average Bonchev–Trinajstić information content (AvgIpc) is 3.04. The standard InChI is InChI=1S/C14H21N5O/c1-14(2,3)11-6-16-13(20-11)7-15-10-4-5-12-17-9-18-19(12)8-10/h6,9-10,15H,4-5,7-8H2,1-3H3/t10-/m0/s1. The van der Waals surface area contributed by atoms with Crippen LogP contribution in [0.5, 0.6) is 0 Å². The van der Waals surface area contributed by atoms with Gasteiger partial charge in [0.25, 0.3) is 0 Å². The molecule has 108 valence electrons. The molecule has 0 bridgehead atoms. The minimum atomic E-state index is 0.00567. The van der Waals surface area contributed by atoms with Gasteiger partial charge in [-0.2, -0.15) is 5.10 Å². The van der Waals surface area contributed by atoms with Crippen LogP contribution >= 0.6 is 0 Å². The van der Waals surface area contributed by atoms with E-state index in [1.165, 1.54) is 0 Å². The van der Waals surface area contributed by atoms with E-state index in [0.29, 0.717) is 12.6 Å². The Hall–Kier alpha value is -1.69. The lowest BCUT2D eigenvalue weighted by molar-refractivity contribution is 0.327. The minimum absolute atomic E-state index is 0.00567. The first kappa shape index (κ1) is 13.3. The van der Waals surface area contributed by atoms with Gasteiger partial charge in [-0.25, -0.2) is 14.6 Å². The number of aryl methyl sites for hydroxylation is 1. The maximum Gasteiger partial charge on any atom is 0.208 e. The molecule has 6 nitrogen and oxygen atoms in total. The Balaban J connectivity index is 1.57. The summed E-state index contributed by atoms with van der Waals surface area (Å²) < 4.78 is 7.75. The zero-order valence-corrected chi connectivity index (χ0v) is 12.3. The Bertz CT molecular complexity index is 580. The predicted molar refractivity (Wildman–Crippen MR) is 74.2 cm³/mol. The van der Waals surface area contributed by atoms with Crippen molar-refractivity contribution in [1.29, 1.82) is 0 Å². The molecule has 0 radical (unpaired) electrons. The van der Waals surface area contributed by atoms with Gasteiger partial charge in [0.2, 0.25) is 5.89 Å². The molecule has 20 heavy (non-hydrogen) atoms. The molecule has 0 saturated carbocycles. The van der Waals surface area contributed by atoms with Crippen LogP contribution in [-0.4, -0.2) is 25.8 Å². The molecule has 1 aliphatic heterocycles. The summed E-state index contributed by atoms with van der Waals surface area (Å²) >= 11 is 0. The highest BCUT2D eigenvalue weighted by Crippen LogP contribution is 2.22. The number of hydrogen-bond acceptors (Lipinski definition) is 5. The number of nitrogens with zero attached hydrogens (tertiary/aromatic N) is 4. The van der Waals surface area contributed by atoms with Crippen LogP contribution in [0.1, 0.15) is 44.7 Å². The Morgan fingerprint density at radius 2 is 2.25 bits per heavy atom. The quantitative estimate of drug-likeness (QED) is 0.922. The number of hydrogen-bond donors (Lipinski definition) is 1. The van der Waals surface area contributed by atoms with E-state index < -0.39 is 0 Å². The van der Waals surface area contributed by atoms with Gasteiger partial charge < -0.3 is 9.73 Å². The third kappa shape index (κ3) is 2.75. The van der Waals surface area contributed by atoms with Gasteiger partial charge in [-0.05, 0) is 6.42 Å². The third-order valence-corrected chi connectivity index (χ3v) is 3.64. The van der Waals surface area contributed by atoms with E-state index in [1.54, 1.807) is 6.33 Å². The van der Waals surface area contributed by atoms with Crippen LogP contribution in [0, 0.1) is 0 Å². The van der Waals surface area contributed by atoms with Crippen LogP contribution in [-0.2, 0) is 24.9 Å². The van der Waals surface area contributed by atoms with Gasteiger partial charge >= 0.3 is 0 Å². The molecule has 3 heterocycles. The molecule has 0 aliphatic carbocycles. The number of nitrogens with one attached hydrogen (secondary N) is 1. The van der Waals surface area contributed by atoms with E-state index in [1.807, 2.05) is 10.9 Å². The fourth-order valence-corrected chi connectivity index (χ4v) is 2.37. The van der Waals surface area contributed by atoms with Crippen LogP contribution in [0.15, 0.2) is 16.9 Å². The van der Waals surface area contributed by atoms with Crippen molar-refractivity contribution in [3.8, 4) is 0 Å². The number of oxazole rings is 1. The second-order valence-electron chi connectivity index (χ2n) is 6.34. The smallest absolute Gasteiger partial charge is 0.208 e. The Labute approximate surface area is 118 Å². The van der Waals surface area contributed by atoms with Gasteiger partial charge in [0.15, 0.2) is 0 Å². The molecule has 1 aliphatic rings. The van der Waals surface area contributed by atoms with Crippen molar-refractivity contribution in [2.45, 2.75) is 58.2 Å². The highest BCUT2D eigenvalue weighted by atomic mass is 16.4. The summed E-state index contributed by atoms with van der Waals surface area (Å²) in [6.07, 6.45) is 5.50. The lowest BCUT2D eigenvalue weighted by atomic mass is 9.94. The van der Waals surface area contributed by atoms with E-state index in [9.17, 15) is 0 Å². The average molecular weight is 275 g/mol. The largest absolute Gasteiger partial charge is 0.444 e. The van der Waals surface area contributed by atoms with Crippen molar-refractivity contribution in [1.82, 2.24) is 25.1 Å². The van der Waals surface area contributed by atoms with Crippen molar-refractivity contribution in [2.24, 2.45) is 0 Å². The summed E-state index contributed by atoms with van der Waals surface area (Å²) in [5, 5.41) is 7.71. The van der Waals surface area contributed by atoms with E-state index in [2.05, 4.69) is 41.2 Å². The van der Waals surface area contributed by atoms with Crippen molar-refractivity contribution >= 4 is 0 Å². The highest BCUT2D eigenvalue weighted by molar-refractivity contribution is 5.06. The first-order valence-electron chi connectivity index (χ1n) is 7.07. The van der Waals surface area contributed by atoms with Gasteiger partial charge in [0.05, 0.1) is 19.3 Å². The van der Waals surface area contributed by atoms with E-state index in [-0.39, 0.29) is 5.41 Å². The Kier molecular flexibility index (Phi) is 3.33. The molecular weight excluding hydrogens is 254 g/mol. The maximum absolute atomic E-state index is 5.79. The van der Waals surface area contributed by atoms with Gasteiger partial charge in [0.1, 0.15) is 17.9 Å². The van der Waals surface area contributed by atoms with E-state index >= 15 is 0 Å². The first-order chi connectivity index (χ1) is 9.52. The normalized spacial score (nSPS) is 19.1. The lowest BCUT2D eigenvalue weighted by Gasteiger charge is -2.23. The first-order valence-corrected chi connectivity index (χ1v) is 7.07. The molecule has 3 rings (SSSR count). The fourth-order valence-electron chi connectivity index (χ4n) is 2.37. The molecule has 0 spiro atoms. The SMILES string of the molecule is CC(C)(C)c1cnc(CN[C@H]2CCc3ncnn3C2)o1. The zero-order chi connectivity index (χ0) is 14.2. The van der Waals surface area contributed by atoms with Gasteiger partial charge in [-0.15, -0.1) is 0 Å². The summed E-state index contributed by atoms with van der Waals surface area (Å²) in [4.78, 5) is 8.57. The molecule has 0 unspecified atom stereocenters. The molecule has 0 fully saturated rings. The highest BCUT2D eigenvalue weighted by Gasteiger charge is 2.21. The van der Waals surface area contributed by atoms with Crippen molar-refractivity contribution < 1.29 is 4.42 Å². The third-order valence-electron chi connectivity index (χ3n) is 3.64. The Morgan fingerprint density at radius 3 is 3.00 bits per heavy atom. The summed E-state index contributed by atoms with van der Waals surface area (Å²) in [6, 6.07) is 0.397. The zero-order valence-electron chi connectivity index (χ0n) is 12.3. The van der Waals surface area contributed by atoms with Crippen LogP contribution in [0.25, 0.3) is 0 Å². The minimum Gasteiger partial charge on any atom is -0.444 e. The molecular formula is C14H21N5O. The lowest BCUT2D eigenvalue weighted by Crippen LogP contribution is -2.37. The van der Waals surface area contributed by atoms with Gasteiger partial charge in [-0.3, -0.25) is 0 Å². The molecule has 0 aromatic carbocycles. The molecule has 1 N–H and O–H groups in total. The van der Waals surface area contributed by atoms with Gasteiger partial charge in [-0.1, -0.05) is 20.8 Å². The number of fused-ring (bicyclic) bond motifs is 1. The van der Waals surface area contributed by atoms with Crippen molar-refractivity contribution in [3.63, 3.8) is 0 Å². The van der Waals surface area contributed by atoms with Crippen LogP contribution < -0.4 is 5.32 Å². The molecule has 2 aromatic heterocycles. The maximum atomic E-state index is 5.79. The fraction of sp³-hybridized carbons (Fsp3) is 0.643. The monoisotopic (exact) mass is 275 g/mol. The van der Waals surface area contributed by atoms with Gasteiger partial charge in [0, 0.05) is 17.9 Å². The molecule has 6 heteroatoms. The second-order valence-corrected chi connectivity index (χ2v) is 6.34. The van der Waals surface area contributed by atoms with Crippen molar-refractivity contribution in [2.75, 3.05) is 0 Å². The summed E-state index contributed by atoms with van der Waals surface area (Å²) in [6.45, 7) is 7.89. The molecule has 2 aromatic rings. The number of aromatic nitrogens is 4. The predicted octanol–water partition coefficient (Wildman–Crippen LogP) is 1.67. The summed E-state index contributed by atoms with van der Waals surface area (Å²) in [5.41, 5.74) is 0.00567. The summed E-state index contributed by atoms with van der Waals surface area (Å²) in [5.74, 6) is 2.75. The topological polar surface area (TPSA) is 68.8 Å². The summed E-state index contributed by atoms with van der Waals surface area (Å²) in [7, 11) is 0. The van der Waals surface area contributed by atoms with Crippen LogP contribution in [0.4, 0.5) is 0 Å². The number of rotatable bonds is 3. The molecule has 0 amide bonds. The second kappa shape index (κ2) is 5.01. The van der Waals surface area contributed by atoms with Crippen LogP contribution in [0.3, 0.4) is 0 Å². The molecule has 0 saturated heterocycles. The van der Waals surface area contributed by atoms with E-state index in [0.717, 1.165) is 36.9 Å². The molecule has 1 atom stereocenters. The van der Waals surface area contributed by atoms with E-state index in [4.69, 9.17) is 4.42 Å².